The molecule has 146 valence electrons. The molecule has 5 nitrogen and oxygen atoms in total. The number of fused-ring (bicyclic) bond motifs is 1. The SMILES string of the molecule is Cc1cccc(CC(=O)N=C2S[C@H]3CS(=O)(=O)C[C@@H]3N2c2ccc(Cl)cc2)c1. The van der Waals surface area contributed by atoms with Crippen LogP contribution in [0.1, 0.15) is 11.1 Å². The van der Waals surface area contributed by atoms with E-state index >= 15 is 0 Å². The van der Waals surface area contributed by atoms with Crippen LogP contribution in [0.4, 0.5) is 5.69 Å². The summed E-state index contributed by atoms with van der Waals surface area (Å²) >= 11 is 7.37. The number of nitrogens with zero attached hydrogens (tertiary/aromatic N) is 2. The van der Waals surface area contributed by atoms with Gasteiger partial charge in [-0.3, -0.25) is 4.79 Å². The Kier molecular flexibility index (Phi) is 5.24. The van der Waals surface area contributed by atoms with E-state index in [-0.39, 0.29) is 35.1 Å². The summed E-state index contributed by atoms with van der Waals surface area (Å²) in [7, 11) is -3.09. The molecule has 8 heteroatoms. The first kappa shape index (κ1) is 19.5. The zero-order valence-corrected chi connectivity index (χ0v) is 17.6. The molecule has 2 heterocycles. The second kappa shape index (κ2) is 7.54. The third kappa shape index (κ3) is 4.11. The number of halogens is 1. The Hall–Kier alpha value is -1.83. The van der Waals surface area contributed by atoms with Gasteiger partial charge in [0.2, 0.25) is 0 Å². The Morgan fingerprint density at radius 3 is 2.68 bits per heavy atom. The summed E-state index contributed by atoms with van der Waals surface area (Å²) in [4.78, 5) is 18.8. The molecule has 2 aromatic rings. The van der Waals surface area contributed by atoms with E-state index in [1.807, 2.05) is 48.2 Å². The zero-order valence-electron chi connectivity index (χ0n) is 15.2. The molecule has 2 atom stereocenters. The summed E-state index contributed by atoms with van der Waals surface area (Å²) in [6.07, 6.45) is 0.216. The highest BCUT2D eigenvalue weighted by Crippen LogP contribution is 2.41. The third-order valence-corrected chi connectivity index (χ3v) is 8.29. The number of aliphatic imine (C=N–C) groups is 1. The molecule has 2 aliphatic heterocycles. The molecule has 28 heavy (non-hydrogen) atoms. The van der Waals surface area contributed by atoms with Gasteiger partial charge in [-0.1, -0.05) is 53.2 Å². The van der Waals surface area contributed by atoms with Crippen molar-refractivity contribution in [1.29, 1.82) is 0 Å². The number of hydrogen-bond acceptors (Lipinski definition) is 4. The summed E-state index contributed by atoms with van der Waals surface area (Å²) in [5.74, 6) is -0.0644. The van der Waals surface area contributed by atoms with Gasteiger partial charge < -0.3 is 4.90 Å². The lowest BCUT2D eigenvalue weighted by molar-refractivity contribution is -0.117. The van der Waals surface area contributed by atoms with Crippen LogP contribution >= 0.6 is 23.4 Å². The lowest BCUT2D eigenvalue weighted by Crippen LogP contribution is -2.37. The number of amides is 1. The Labute approximate surface area is 173 Å². The van der Waals surface area contributed by atoms with Crippen molar-refractivity contribution in [1.82, 2.24) is 0 Å². The van der Waals surface area contributed by atoms with Crippen molar-refractivity contribution >= 4 is 50.0 Å². The van der Waals surface area contributed by atoms with E-state index in [0.717, 1.165) is 16.8 Å². The van der Waals surface area contributed by atoms with Gasteiger partial charge in [-0.2, -0.15) is 4.99 Å². The van der Waals surface area contributed by atoms with E-state index in [0.29, 0.717) is 10.2 Å². The van der Waals surface area contributed by atoms with Crippen LogP contribution in [0.15, 0.2) is 53.5 Å². The zero-order chi connectivity index (χ0) is 19.9. The van der Waals surface area contributed by atoms with Crippen molar-refractivity contribution in [2.24, 2.45) is 4.99 Å². The highest BCUT2D eigenvalue weighted by Gasteiger charge is 2.49. The van der Waals surface area contributed by atoms with Crippen LogP contribution in [0.2, 0.25) is 5.02 Å². The maximum atomic E-state index is 12.6. The standard InChI is InChI=1S/C20H19ClN2O3S2/c1-13-3-2-4-14(9-13)10-19(24)22-20-23(16-7-5-15(21)6-8-16)17-11-28(25,26)12-18(17)27-20/h2-9,17-18H,10-12H2,1H3/t17-,18-/m0/s1. The molecule has 4 rings (SSSR count). The number of carbonyl (C=O) groups is 1. The number of rotatable bonds is 3. The van der Waals surface area contributed by atoms with Crippen molar-refractivity contribution < 1.29 is 13.2 Å². The summed E-state index contributed by atoms with van der Waals surface area (Å²) in [6.45, 7) is 1.98. The van der Waals surface area contributed by atoms with Crippen molar-refractivity contribution in [2.75, 3.05) is 16.4 Å². The van der Waals surface area contributed by atoms with Gasteiger partial charge in [0, 0.05) is 16.0 Å². The maximum Gasteiger partial charge on any atom is 0.252 e. The molecule has 0 saturated carbocycles. The molecule has 2 fully saturated rings. The highest BCUT2D eigenvalue weighted by atomic mass is 35.5. The smallest absolute Gasteiger partial charge is 0.252 e. The largest absolute Gasteiger partial charge is 0.316 e. The number of hydrogen-bond donors (Lipinski definition) is 0. The van der Waals surface area contributed by atoms with E-state index in [1.165, 1.54) is 11.8 Å². The monoisotopic (exact) mass is 434 g/mol. The molecule has 0 unspecified atom stereocenters. The molecule has 2 aromatic carbocycles. The predicted octanol–water partition coefficient (Wildman–Crippen LogP) is 3.49. The fourth-order valence-corrected chi connectivity index (χ4v) is 7.67. The van der Waals surface area contributed by atoms with Gasteiger partial charge in [-0.15, -0.1) is 0 Å². The van der Waals surface area contributed by atoms with Crippen LogP contribution in [0.3, 0.4) is 0 Å². The molecule has 2 saturated heterocycles. The van der Waals surface area contributed by atoms with E-state index in [2.05, 4.69) is 4.99 Å². The van der Waals surface area contributed by atoms with Gasteiger partial charge in [0.05, 0.1) is 24.0 Å². The first-order valence-electron chi connectivity index (χ1n) is 8.90. The molecule has 2 aliphatic rings. The molecule has 0 aromatic heterocycles. The van der Waals surface area contributed by atoms with Crippen molar-refractivity contribution in [3.05, 3.63) is 64.7 Å². The Balaban J connectivity index is 1.63. The maximum absolute atomic E-state index is 12.6. The average Bonchev–Trinajstić information content (AvgIpc) is 3.06. The van der Waals surface area contributed by atoms with Gasteiger partial charge in [-0.25, -0.2) is 8.42 Å². The first-order valence-corrected chi connectivity index (χ1v) is 12.0. The number of benzene rings is 2. The van der Waals surface area contributed by atoms with E-state index in [1.54, 1.807) is 12.1 Å². The van der Waals surface area contributed by atoms with Crippen molar-refractivity contribution in [3.8, 4) is 0 Å². The molecule has 0 radical (unpaired) electrons. The Morgan fingerprint density at radius 1 is 1.21 bits per heavy atom. The number of carbonyl (C=O) groups excluding carboxylic acids is 1. The summed E-state index contributed by atoms with van der Waals surface area (Å²) < 4.78 is 24.2. The van der Waals surface area contributed by atoms with E-state index < -0.39 is 9.84 Å². The summed E-state index contributed by atoms with van der Waals surface area (Å²) in [5.41, 5.74) is 2.80. The number of thioether (sulfide) groups is 1. The lowest BCUT2D eigenvalue weighted by atomic mass is 10.1. The number of anilines is 1. The third-order valence-electron chi connectivity index (χ3n) is 4.83. The fourth-order valence-electron chi connectivity index (χ4n) is 3.61. The minimum atomic E-state index is -3.09. The van der Waals surface area contributed by atoms with Gasteiger partial charge in [0.25, 0.3) is 5.91 Å². The Morgan fingerprint density at radius 2 is 1.96 bits per heavy atom. The minimum Gasteiger partial charge on any atom is -0.316 e. The van der Waals surface area contributed by atoms with Gasteiger partial charge in [0.15, 0.2) is 15.0 Å². The molecular formula is C20H19ClN2O3S2. The van der Waals surface area contributed by atoms with Gasteiger partial charge in [0.1, 0.15) is 0 Å². The molecule has 0 N–H and O–H groups in total. The second-order valence-electron chi connectivity index (χ2n) is 7.10. The second-order valence-corrected chi connectivity index (χ2v) is 10.9. The average molecular weight is 435 g/mol. The van der Waals surface area contributed by atoms with Crippen LogP contribution in [0, 0.1) is 6.92 Å². The summed E-state index contributed by atoms with van der Waals surface area (Å²) in [5, 5.41) is 1.04. The Bertz CT molecular complexity index is 1050. The fraction of sp³-hybridized carbons (Fsp3) is 0.300. The normalized spacial score (nSPS) is 24.5. The molecule has 1 amide bonds. The molecule has 0 spiro atoms. The van der Waals surface area contributed by atoms with Crippen LogP contribution < -0.4 is 4.90 Å². The quantitative estimate of drug-likeness (QED) is 0.739. The minimum absolute atomic E-state index is 0.0678. The lowest BCUT2D eigenvalue weighted by Gasteiger charge is -2.24. The van der Waals surface area contributed by atoms with Crippen LogP contribution in [0.5, 0.6) is 0 Å². The van der Waals surface area contributed by atoms with Crippen molar-refractivity contribution in [2.45, 2.75) is 24.6 Å². The topological polar surface area (TPSA) is 66.8 Å². The van der Waals surface area contributed by atoms with Gasteiger partial charge >= 0.3 is 0 Å². The van der Waals surface area contributed by atoms with E-state index in [9.17, 15) is 13.2 Å². The molecule has 0 aliphatic carbocycles. The number of aryl methyl sites for hydroxylation is 1. The van der Waals surface area contributed by atoms with Crippen LogP contribution in [-0.4, -0.2) is 42.3 Å². The predicted molar refractivity (Wildman–Crippen MR) is 115 cm³/mol. The van der Waals surface area contributed by atoms with E-state index in [4.69, 9.17) is 11.6 Å². The van der Waals surface area contributed by atoms with Crippen molar-refractivity contribution in [3.63, 3.8) is 0 Å². The first-order chi connectivity index (χ1) is 13.3. The highest BCUT2D eigenvalue weighted by molar-refractivity contribution is 8.16. The number of amidine groups is 1. The molecule has 0 bridgehead atoms. The number of sulfone groups is 1. The van der Waals surface area contributed by atoms with Crippen LogP contribution in [0.25, 0.3) is 0 Å². The summed E-state index contributed by atoms with van der Waals surface area (Å²) in [6, 6.07) is 14.7. The van der Waals surface area contributed by atoms with Crippen LogP contribution in [-0.2, 0) is 21.1 Å². The van der Waals surface area contributed by atoms with Gasteiger partial charge in [-0.05, 0) is 36.8 Å². The molecular weight excluding hydrogens is 416 g/mol.